The van der Waals surface area contributed by atoms with Gasteiger partial charge in [0.05, 0.1) is 5.38 Å². The Morgan fingerprint density at radius 3 is 2.19 bits per heavy atom. The van der Waals surface area contributed by atoms with E-state index < -0.39 is 0 Å². The molecule has 21 heavy (non-hydrogen) atoms. The van der Waals surface area contributed by atoms with E-state index in [0.29, 0.717) is 22.3 Å². The first-order chi connectivity index (χ1) is 10.1. The van der Waals surface area contributed by atoms with Crippen LogP contribution in [0.5, 0.6) is 0 Å². The molecule has 0 radical (unpaired) electrons. The van der Waals surface area contributed by atoms with Gasteiger partial charge in [-0.3, -0.25) is 9.59 Å². The Bertz CT molecular complexity index is 734. The molecular formula is C18H15ClO2. The Hall–Kier alpha value is -1.93. The molecule has 0 saturated heterocycles. The molecule has 1 aliphatic rings. The molecule has 3 rings (SSSR count). The maximum Gasteiger partial charge on any atom is 0.194 e. The third-order valence-electron chi connectivity index (χ3n) is 3.86. The lowest BCUT2D eigenvalue weighted by molar-refractivity contribution is 0.0978. The van der Waals surface area contributed by atoms with Crippen LogP contribution in [0.25, 0.3) is 0 Å². The molecule has 3 heteroatoms. The fraction of sp³-hybridized carbons (Fsp3) is 0.222. The molecule has 0 N–H and O–H groups in total. The zero-order valence-electron chi connectivity index (χ0n) is 11.7. The first-order valence-corrected chi connectivity index (χ1v) is 7.54. The number of carbonyl (C=O) groups excluding carboxylic acids is 2. The van der Waals surface area contributed by atoms with E-state index in [1.54, 1.807) is 36.4 Å². The predicted octanol–water partition coefficient (Wildman–Crippen LogP) is 4.54. The average Bonchev–Trinajstić information content (AvgIpc) is 2.52. The number of hydrogen-bond acceptors (Lipinski definition) is 2. The predicted molar refractivity (Wildman–Crippen MR) is 83.3 cm³/mol. The van der Waals surface area contributed by atoms with Crippen molar-refractivity contribution in [2.24, 2.45) is 0 Å². The van der Waals surface area contributed by atoms with Crippen molar-refractivity contribution in [2.75, 3.05) is 0 Å². The molecule has 0 heterocycles. The summed E-state index contributed by atoms with van der Waals surface area (Å²) >= 11 is 6.42. The Morgan fingerprint density at radius 1 is 0.905 bits per heavy atom. The van der Waals surface area contributed by atoms with Crippen LogP contribution in [0.3, 0.4) is 0 Å². The number of benzene rings is 2. The lowest BCUT2D eigenvalue weighted by Crippen LogP contribution is -2.22. The van der Waals surface area contributed by atoms with E-state index >= 15 is 0 Å². The topological polar surface area (TPSA) is 34.1 Å². The van der Waals surface area contributed by atoms with E-state index in [2.05, 4.69) is 0 Å². The summed E-state index contributed by atoms with van der Waals surface area (Å²) in [6.45, 7) is 2.05. The second-order valence-corrected chi connectivity index (χ2v) is 5.76. The molecule has 0 saturated carbocycles. The Labute approximate surface area is 128 Å². The van der Waals surface area contributed by atoms with Gasteiger partial charge in [0.1, 0.15) is 0 Å². The number of alkyl halides is 1. The summed E-state index contributed by atoms with van der Waals surface area (Å²) < 4.78 is 0. The minimum atomic E-state index is -0.244. The summed E-state index contributed by atoms with van der Waals surface area (Å²) in [6, 6.07) is 12.3. The number of hydrogen-bond donors (Lipinski definition) is 0. The molecule has 0 bridgehead atoms. The molecule has 1 atom stereocenters. The van der Waals surface area contributed by atoms with Crippen molar-refractivity contribution in [1.29, 1.82) is 0 Å². The molecule has 0 aromatic heterocycles. The second-order valence-electron chi connectivity index (χ2n) is 5.23. The highest BCUT2D eigenvalue weighted by atomic mass is 35.5. The maximum absolute atomic E-state index is 12.8. The molecule has 1 aliphatic carbocycles. The summed E-state index contributed by atoms with van der Waals surface area (Å²) in [7, 11) is 0. The van der Waals surface area contributed by atoms with E-state index in [1.807, 2.05) is 13.0 Å². The molecule has 0 aliphatic heterocycles. The summed E-state index contributed by atoms with van der Waals surface area (Å²) in [6.07, 6.45) is 1.71. The van der Waals surface area contributed by atoms with Gasteiger partial charge in [-0.1, -0.05) is 55.8 Å². The Kier molecular flexibility index (Phi) is 3.64. The summed E-state index contributed by atoms with van der Waals surface area (Å²) in [5, 5.41) is -0.244. The lowest BCUT2D eigenvalue weighted by Gasteiger charge is -2.22. The minimum Gasteiger partial charge on any atom is -0.289 e. The van der Waals surface area contributed by atoms with E-state index in [1.165, 1.54) is 0 Å². The van der Waals surface area contributed by atoms with Crippen molar-refractivity contribution in [2.45, 2.75) is 25.1 Å². The van der Waals surface area contributed by atoms with Crippen LogP contribution in [0.15, 0.2) is 42.5 Å². The zero-order valence-corrected chi connectivity index (χ0v) is 12.5. The standard InChI is InChI=1S/C18H15ClO2/c1-2-6-15(19)13-9-5-10-14-16(13)18(21)12-8-4-3-7-11(12)17(14)20/h3-5,7-10,15H,2,6H2,1H3. The van der Waals surface area contributed by atoms with Gasteiger partial charge in [-0.25, -0.2) is 0 Å². The highest BCUT2D eigenvalue weighted by Gasteiger charge is 2.32. The van der Waals surface area contributed by atoms with Crippen LogP contribution in [0, 0.1) is 0 Å². The van der Waals surface area contributed by atoms with Gasteiger partial charge in [0.25, 0.3) is 0 Å². The van der Waals surface area contributed by atoms with Gasteiger partial charge in [0.2, 0.25) is 0 Å². The fourth-order valence-corrected chi connectivity index (χ4v) is 3.24. The summed E-state index contributed by atoms with van der Waals surface area (Å²) in [4.78, 5) is 25.4. The van der Waals surface area contributed by atoms with E-state index in [4.69, 9.17) is 11.6 Å². The van der Waals surface area contributed by atoms with Gasteiger partial charge >= 0.3 is 0 Å². The second kappa shape index (κ2) is 5.45. The number of fused-ring (bicyclic) bond motifs is 2. The highest BCUT2D eigenvalue weighted by Crippen LogP contribution is 2.35. The van der Waals surface area contributed by atoms with Crippen molar-refractivity contribution in [3.63, 3.8) is 0 Å². The number of rotatable bonds is 3. The van der Waals surface area contributed by atoms with Gasteiger partial charge in [0, 0.05) is 22.3 Å². The third kappa shape index (κ3) is 2.20. The first-order valence-electron chi connectivity index (χ1n) is 7.10. The van der Waals surface area contributed by atoms with Crippen molar-refractivity contribution < 1.29 is 9.59 Å². The van der Waals surface area contributed by atoms with Gasteiger partial charge in [0.15, 0.2) is 11.6 Å². The molecule has 1 unspecified atom stereocenters. The highest BCUT2D eigenvalue weighted by molar-refractivity contribution is 6.30. The first kappa shape index (κ1) is 14.0. The van der Waals surface area contributed by atoms with Crippen LogP contribution in [-0.4, -0.2) is 11.6 Å². The van der Waals surface area contributed by atoms with Gasteiger partial charge in [-0.15, -0.1) is 11.6 Å². The molecule has 2 nitrogen and oxygen atoms in total. The van der Waals surface area contributed by atoms with E-state index in [9.17, 15) is 9.59 Å². The molecule has 106 valence electrons. The average molecular weight is 299 g/mol. The van der Waals surface area contributed by atoms with Crippen LogP contribution >= 0.6 is 11.6 Å². The van der Waals surface area contributed by atoms with Crippen LogP contribution < -0.4 is 0 Å². The normalized spacial score (nSPS) is 14.6. The smallest absolute Gasteiger partial charge is 0.194 e. The number of carbonyl (C=O) groups is 2. The van der Waals surface area contributed by atoms with Crippen molar-refractivity contribution >= 4 is 23.2 Å². The molecule has 0 spiro atoms. The lowest BCUT2D eigenvalue weighted by atomic mass is 9.81. The van der Waals surface area contributed by atoms with Gasteiger partial charge in [-0.05, 0) is 12.0 Å². The number of ketones is 2. The largest absolute Gasteiger partial charge is 0.289 e. The number of halogens is 1. The molecule has 2 aromatic carbocycles. The summed E-state index contributed by atoms with van der Waals surface area (Å²) in [5.41, 5.74) is 2.67. The maximum atomic E-state index is 12.8. The zero-order chi connectivity index (χ0) is 15.0. The van der Waals surface area contributed by atoms with Gasteiger partial charge in [-0.2, -0.15) is 0 Å². The molecular weight excluding hydrogens is 284 g/mol. The van der Waals surface area contributed by atoms with Crippen molar-refractivity contribution in [1.82, 2.24) is 0 Å². The minimum absolute atomic E-state index is 0.0950. The van der Waals surface area contributed by atoms with E-state index in [-0.39, 0.29) is 16.9 Å². The van der Waals surface area contributed by atoms with E-state index in [0.717, 1.165) is 18.4 Å². The fourth-order valence-electron chi connectivity index (χ4n) is 2.84. The summed E-state index contributed by atoms with van der Waals surface area (Å²) in [5.74, 6) is -0.194. The monoisotopic (exact) mass is 298 g/mol. The quantitative estimate of drug-likeness (QED) is 0.665. The Balaban J connectivity index is 2.21. The Morgan fingerprint density at radius 2 is 1.52 bits per heavy atom. The van der Waals surface area contributed by atoms with Crippen molar-refractivity contribution in [3.05, 3.63) is 70.3 Å². The third-order valence-corrected chi connectivity index (χ3v) is 4.32. The van der Waals surface area contributed by atoms with Crippen LogP contribution in [0.1, 0.15) is 62.5 Å². The van der Waals surface area contributed by atoms with Crippen molar-refractivity contribution in [3.8, 4) is 0 Å². The van der Waals surface area contributed by atoms with Crippen LogP contribution in [-0.2, 0) is 0 Å². The van der Waals surface area contributed by atoms with Crippen LogP contribution in [0.2, 0.25) is 0 Å². The van der Waals surface area contributed by atoms with Gasteiger partial charge < -0.3 is 0 Å². The molecule has 2 aromatic rings. The molecule has 0 amide bonds. The SMILES string of the molecule is CCCC(Cl)c1cccc2c1C(=O)c1ccccc1C2=O. The molecule has 0 fully saturated rings. The van der Waals surface area contributed by atoms with Crippen LogP contribution in [0.4, 0.5) is 0 Å².